The molecule has 2 aromatic rings. The van der Waals surface area contributed by atoms with Crippen LogP contribution < -0.4 is 33.4 Å². The van der Waals surface area contributed by atoms with Crippen LogP contribution >= 0.6 is 0 Å². The van der Waals surface area contributed by atoms with Crippen molar-refractivity contribution in [2.45, 2.75) is 0 Å². The molecule has 2 aromatic carbocycles. The normalized spacial score (nSPS) is 10.2. The molecule has 2 rings (SSSR count). The lowest BCUT2D eigenvalue weighted by molar-refractivity contribution is 0.917. The second kappa shape index (κ2) is 4.92. The number of rotatable bonds is 3. The summed E-state index contributed by atoms with van der Waals surface area (Å²) in [6.07, 6.45) is 0. The van der Waals surface area contributed by atoms with Gasteiger partial charge in [-0.1, -0.05) is 24.3 Å². The molecule has 0 atom stereocenters. The van der Waals surface area contributed by atoms with E-state index in [1.165, 1.54) is 5.01 Å². The molecule has 18 heavy (non-hydrogen) atoms. The highest BCUT2D eigenvalue weighted by molar-refractivity contribution is 5.85. The quantitative estimate of drug-likeness (QED) is 0.361. The van der Waals surface area contributed by atoms with Gasteiger partial charge in [-0.15, -0.1) is 0 Å². The van der Waals surface area contributed by atoms with Crippen molar-refractivity contribution in [2.75, 3.05) is 15.9 Å². The Balaban J connectivity index is 2.51. The van der Waals surface area contributed by atoms with Gasteiger partial charge in [0.05, 0.1) is 17.1 Å². The molecule has 94 valence electrons. The van der Waals surface area contributed by atoms with Gasteiger partial charge in [-0.3, -0.25) is 5.01 Å². The zero-order valence-corrected chi connectivity index (χ0v) is 9.82. The number of nitrogen functional groups attached to an aromatic ring is 1. The van der Waals surface area contributed by atoms with Crippen LogP contribution in [0.15, 0.2) is 48.5 Å². The van der Waals surface area contributed by atoms with E-state index in [1.807, 2.05) is 30.3 Å². The fourth-order valence-electron chi connectivity index (χ4n) is 1.74. The fraction of sp³-hybridized carbons (Fsp3) is 0. The molecule has 8 N–H and O–H groups in total. The first kappa shape index (κ1) is 12.2. The summed E-state index contributed by atoms with van der Waals surface area (Å²) in [4.78, 5) is 0. The van der Waals surface area contributed by atoms with Gasteiger partial charge in [-0.05, 0) is 24.3 Å². The molecule has 0 amide bonds. The Labute approximate surface area is 105 Å². The lowest BCUT2D eigenvalue weighted by Crippen LogP contribution is -2.40. The molecule has 6 heteroatoms. The van der Waals surface area contributed by atoms with Gasteiger partial charge in [-0.25, -0.2) is 22.6 Å². The van der Waals surface area contributed by atoms with Gasteiger partial charge in [0.25, 0.3) is 0 Å². The summed E-state index contributed by atoms with van der Waals surface area (Å²) >= 11 is 0. The SMILES string of the molecule is Nc1cccc(N(N)N)c1N(N)c1ccccc1. The summed E-state index contributed by atoms with van der Waals surface area (Å²) in [6.45, 7) is 0. The minimum absolute atomic E-state index is 0.500. The first-order chi connectivity index (χ1) is 8.61. The van der Waals surface area contributed by atoms with Crippen molar-refractivity contribution in [1.82, 2.24) is 0 Å². The highest BCUT2D eigenvalue weighted by atomic mass is 15.6. The van der Waals surface area contributed by atoms with Crippen LogP contribution in [0.25, 0.3) is 0 Å². The summed E-state index contributed by atoms with van der Waals surface area (Å²) in [5.74, 6) is 17.2. The second-order valence-corrected chi connectivity index (χ2v) is 3.83. The molecule has 0 aliphatic rings. The van der Waals surface area contributed by atoms with Crippen LogP contribution in [0.4, 0.5) is 22.7 Å². The minimum atomic E-state index is 0.500. The molecule has 0 heterocycles. The zero-order valence-electron chi connectivity index (χ0n) is 9.82. The predicted molar refractivity (Wildman–Crippen MR) is 74.5 cm³/mol. The summed E-state index contributed by atoms with van der Waals surface area (Å²) in [7, 11) is 0. The van der Waals surface area contributed by atoms with Gasteiger partial charge in [0.1, 0.15) is 5.69 Å². The molecule has 0 bridgehead atoms. The van der Waals surface area contributed by atoms with E-state index < -0.39 is 0 Å². The Morgan fingerprint density at radius 3 is 2.06 bits per heavy atom. The maximum absolute atomic E-state index is 6.07. The monoisotopic (exact) mass is 244 g/mol. The van der Waals surface area contributed by atoms with Crippen molar-refractivity contribution < 1.29 is 0 Å². The first-order valence-electron chi connectivity index (χ1n) is 5.39. The van der Waals surface area contributed by atoms with Crippen molar-refractivity contribution in [2.24, 2.45) is 17.5 Å². The summed E-state index contributed by atoms with van der Waals surface area (Å²) in [5, 5.41) is 2.45. The minimum Gasteiger partial charge on any atom is -0.397 e. The zero-order chi connectivity index (χ0) is 13.1. The number of anilines is 4. The average molecular weight is 244 g/mol. The fourth-order valence-corrected chi connectivity index (χ4v) is 1.74. The molecular weight excluding hydrogens is 228 g/mol. The third-order valence-electron chi connectivity index (χ3n) is 2.60. The second-order valence-electron chi connectivity index (χ2n) is 3.83. The number of hydrogen-bond acceptors (Lipinski definition) is 6. The molecule has 0 aromatic heterocycles. The molecule has 0 unspecified atom stereocenters. The van der Waals surface area contributed by atoms with Crippen molar-refractivity contribution in [1.29, 1.82) is 0 Å². The number of para-hydroxylation sites is 2. The summed E-state index contributed by atoms with van der Waals surface area (Å²) < 4.78 is 0. The standard InChI is InChI=1S/C12H16N6/c13-10-7-4-8-11(18(15)16)12(10)17(14)9-5-2-1-3-6-9/h1-8H,13-16H2. The van der Waals surface area contributed by atoms with Gasteiger partial charge in [0.15, 0.2) is 0 Å². The molecule has 0 radical (unpaired) electrons. The lowest BCUT2D eigenvalue weighted by Gasteiger charge is -2.25. The van der Waals surface area contributed by atoms with Crippen LogP contribution in [0, 0.1) is 0 Å². The van der Waals surface area contributed by atoms with Gasteiger partial charge in [0, 0.05) is 0 Å². The highest BCUT2D eigenvalue weighted by Crippen LogP contribution is 2.35. The van der Waals surface area contributed by atoms with Crippen LogP contribution in [-0.2, 0) is 0 Å². The van der Waals surface area contributed by atoms with Crippen LogP contribution in [0.2, 0.25) is 0 Å². The number of hydrazine groups is 3. The molecule has 0 aliphatic carbocycles. The smallest absolute Gasteiger partial charge is 0.107 e. The Bertz CT molecular complexity index is 525. The van der Waals surface area contributed by atoms with E-state index in [0.717, 1.165) is 10.8 Å². The van der Waals surface area contributed by atoms with Gasteiger partial charge < -0.3 is 5.73 Å². The van der Waals surface area contributed by atoms with E-state index in [4.69, 9.17) is 23.3 Å². The summed E-state index contributed by atoms with van der Waals surface area (Å²) in [5.41, 5.74) is 8.33. The Morgan fingerprint density at radius 1 is 0.778 bits per heavy atom. The Kier molecular flexibility index (Phi) is 3.33. The molecule has 6 nitrogen and oxygen atoms in total. The molecule has 0 fully saturated rings. The maximum Gasteiger partial charge on any atom is 0.107 e. The molecular formula is C12H16N6. The number of nitrogens with two attached hydrogens (primary N) is 4. The Morgan fingerprint density at radius 2 is 1.44 bits per heavy atom. The molecule has 0 saturated heterocycles. The van der Waals surface area contributed by atoms with Crippen molar-refractivity contribution in [3.63, 3.8) is 0 Å². The van der Waals surface area contributed by atoms with Gasteiger partial charge >= 0.3 is 0 Å². The van der Waals surface area contributed by atoms with E-state index in [-0.39, 0.29) is 0 Å². The van der Waals surface area contributed by atoms with Crippen LogP contribution in [0.3, 0.4) is 0 Å². The van der Waals surface area contributed by atoms with Gasteiger partial charge in [-0.2, -0.15) is 0 Å². The largest absolute Gasteiger partial charge is 0.397 e. The van der Waals surface area contributed by atoms with Crippen molar-refractivity contribution >= 4 is 22.7 Å². The topological polar surface area (TPSA) is 111 Å². The average Bonchev–Trinajstić information content (AvgIpc) is 2.38. The Hall–Kier alpha value is -2.28. The van der Waals surface area contributed by atoms with Gasteiger partial charge in [0.2, 0.25) is 0 Å². The van der Waals surface area contributed by atoms with Crippen LogP contribution in [0.1, 0.15) is 0 Å². The lowest BCUT2D eigenvalue weighted by atomic mass is 10.2. The van der Waals surface area contributed by atoms with Crippen LogP contribution in [0.5, 0.6) is 0 Å². The summed E-state index contributed by atoms with van der Waals surface area (Å²) in [6, 6.07) is 14.7. The number of benzene rings is 2. The van der Waals surface area contributed by atoms with E-state index in [1.54, 1.807) is 18.2 Å². The van der Waals surface area contributed by atoms with E-state index >= 15 is 0 Å². The number of nitrogens with zero attached hydrogens (tertiary/aromatic N) is 2. The van der Waals surface area contributed by atoms with Crippen molar-refractivity contribution in [3.8, 4) is 0 Å². The first-order valence-corrected chi connectivity index (χ1v) is 5.39. The maximum atomic E-state index is 6.07. The highest BCUT2D eigenvalue weighted by Gasteiger charge is 2.15. The molecule has 0 spiro atoms. The van der Waals surface area contributed by atoms with Crippen LogP contribution in [-0.4, -0.2) is 0 Å². The molecule has 0 aliphatic heterocycles. The predicted octanol–water partition coefficient (Wildman–Crippen LogP) is 0.834. The van der Waals surface area contributed by atoms with E-state index in [0.29, 0.717) is 17.1 Å². The molecule has 0 saturated carbocycles. The third-order valence-corrected chi connectivity index (χ3v) is 2.60. The number of hydrogen-bond donors (Lipinski definition) is 4. The van der Waals surface area contributed by atoms with Crippen molar-refractivity contribution in [3.05, 3.63) is 48.5 Å². The third kappa shape index (κ3) is 2.21. The van der Waals surface area contributed by atoms with E-state index in [2.05, 4.69) is 0 Å². The van der Waals surface area contributed by atoms with E-state index in [9.17, 15) is 0 Å².